The normalized spacial score (nSPS) is 17.1. The van der Waals surface area contributed by atoms with Crippen LogP contribution in [0.2, 0.25) is 0 Å². The number of hydrogen-bond acceptors (Lipinski definition) is 5. The molecule has 1 aliphatic rings. The molecular formula is C20H24F2N6O2. The molecule has 0 spiro atoms. The number of nitrogens with zero attached hydrogens (tertiary/aromatic N) is 6. The van der Waals surface area contributed by atoms with Crippen LogP contribution in [0.25, 0.3) is 11.3 Å². The van der Waals surface area contributed by atoms with Gasteiger partial charge >= 0.3 is 0 Å². The second-order valence-electron chi connectivity index (χ2n) is 7.70. The number of piperidine rings is 1. The van der Waals surface area contributed by atoms with Gasteiger partial charge in [0.1, 0.15) is 12.2 Å². The summed E-state index contributed by atoms with van der Waals surface area (Å²) in [4.78, 5) is 14.9. The predicted octanol–water partition coefficient (Wildman–Crippen LogP) is 3.58. The average Bonchev–Trinajstić information content (AvgIpc) is 3.41. The maximum Gasteiger partial charge on any atom is 0.282 e. The Balaban J connectivity index is 1.62. The van der Waals surface area contributed by atoms with E-state index in [4.69, 9.17) is 4.52 Å². The maximum atomic E-state index is 13.1. The minimum absolute atomic E-state index is 0.0847. The predicted molar refractivity (Wildman–Crippen MR) is 104 cm³/mol. The third kappa shape index (κ3) is 3.86. The zero-order valence-corrected chi connectivity index (χ0v) is 17.2. The molecule has 3 aromatic rings. The van der Waals surface area contributed by atoms with Crippen LogP contribution in [-0.4, -0.2) is 42.1 Å². The Bertz CT molecular complexity index is 1050. The van der Waals surface area contributed by atoms with Gasteiger partial charge in [0.15, 0.2) is 5.76 Å². The third-order valence-electron chi connectivity index (χ3n) is 5.40. The first-order chi connectivity index (χ1) is 14.3. The van der Waals surface area contributed by atoms with Gasteiger partial charge < -0.3 is 9.42 Å². The summed E-state index contributed by atoms with van der Waals surface area (Å²) in [5, 5.41) is 12.5. The Hall–Kier alpha value is -3.04. The van der Waals surface area contributed by atoms with Crippen molar-refractivity contribution in [2.24, 2.45) is 7.05 Å². The van der Waals surface area contributed by atoms with Crippen molar-refractivity contribution in [3.63, 3.8) is 0 Å². The van der Waals surface area contributed by atoms with Crippen molar-refractivity contribution < 1.29 is 18.1 Å². The summed E-state index contributed by atoms with van der Waals surface area (Å²) in [5.41, 5.74) is 2.54. The van der Waals surface area contributed by atoms with Crippen molar-refractivity contribution in [1.82, 2.24) is 29.6 Å². The highest BCUT2D eigenvalue weighted by molar-refractivity contribution is 5.77. The Morgan fingerprint density at radius 3 is 2.73 bits per heavy atom. The van der Waals surface area contributed by atoms with Crippen LogP contribution >= 0.6 is 0 Å². The minimum Gasteiger partial charge on any atom is -0.356 e. The lowest BCUT2D eigenvalue weighted by Gasteiger charge is -2.35. The van der Waals surface area contributed by atoms with E-state index in [1.54, 1.807) is 16.5 Å². The van der Waals surface area contributed by atoms with Crippen LogP contribution in [0.15, 0.2) is 22.9 Å². The van der Waals surface area contributed by atoms with Crippen LogP contribution in [0.5, 0.6) is 0 Å². The van der Waals surface area contributed by atoms with Crippen molar-refractivity contribution in [2.75, 3.05) is 6.54 Å². The van der Waals surface area contributed by atoms with Gasteiger partial charge in [0, 0.05) is 31.5 Å². The molecule has 0 unspecified atom stereocenters. The molecule has 1 amide bonds. The van der Waals surface area contributed by atoms with E-state index in [0.29, 0.717) is 18.0 Å². The molecule has 1 saturated heterocycles. The van der Waals surface area contributed by atoms with E-state index in [-0.39, 0.29) is 24.2 Å². The average molecular weight is 418 g/mol. The molecule has 1 atom stereocenters. The molecule has 0 radical (unpaired) electrons. The molecule has 1 fully saturated rings. The fourth-order valence-electron chi connectivity index (χ4n) is 3.97. The molecule has 1 aliphatic heterocycles. The van der Waals surface area contributed by atoms with Gasteiger partial charge in [-0.25, -0.2) is 8.78 Å². The van der Waals surface area contributed by atoms with Crippen LogP contribution < -0.4 is 0 Å². The lowest BCUT2D eigenvalue weighted by Crippen LogP contribution is -2.41. The van der Waals surface area contributed by atoms with Crippen molar-refractivity contribution in [2.45, 2.75) is 52.1 Å². The molecule has 0 N–H and O–H groups in total. The number of aryl methyl sites for hydroxylation is 3. The number of alkyl halides is 2. The van der Waals surface area contributed by atoms with Crippen molar-refractivity contribution in [3.05, 3.63) is 41.1 Å². The molecule has 8 nitrogen and oxygen atoms in total. The fraction of sp³-hybridized carbons (Fsp3) is 0.500. The second-order valence-corrected chi connectivity index (χ2v) is 7.70. The highest BCUT2D eigenvalue weighted by Gasteiger charge is 2.33. The van der Waals surface area contributed by atoms with Gasteiger partial charge in [-0.2, -0.15) is 10.2 Å². The largest absolute Gasteiger partial charge is 0.356 e. The van der Waals surface area contributed by atoms with Gasteiger partial charge in [0.05, 0.1) is 23.0 Å². The van der Waals surface area contributed by atoms with E-state index in [0.717, 1.165) is 36.2 Å². The molecular weight excluding hydrogens is 394 g/mol. The van der Waals surface area contributed by atoms with E-state index in [1.165, 1.54) is 10.7 Å². The maximum absolute atomic E-state index is 13.1. The van der Waals surface area contributed by atoms with Gasteiger partial charge in [-0.15, -0.1) is 0 Å². The molecule has 4 heterocycles. The standard InChI is InChI=1S/C20H24F2N6O2/c1-12-8-17(30-25-12)14-10-26(3)24-19(14)16-6-4-5-7-27(16)18(29)11-28-13(2)9-15(23-28)20(21)22/h8-10,16,20H,4-7,11H2,1-3H3/t16-/m0/s1. The smallest absolute Gasteiger partial charge is 0.282 e. The first-order valence-corrected chi connectivity index (χ1v) is 9.92. The number of amides is 1. The summed E-state index contributed by atoms with van der Waals surface area (Å²) < 4.78 is 34.4. The summed E-state index contributed by atoms with van der Waals surface area (Å²) >= 11 is 0. The SMILES string of the molecule is Cc1cc(-c2cn(C)nc2[C@@H]2CCCCN2C(=O)Cn2nc(C(F)F)cc2C)on1. The Morgan fingerprint density at radius 2 is 2.07 bits per heavy atom. The van der Waals surface area contributed by atoms with E-state index >= 15 is 0 Å². The van der Waals surface area contributed by atoms with Crippen molar-refractivity contribution >= 4 is 5.91 Å². The number of halogens is 2. The molecule has 0 bridgehead atoms. The van der Waals surface area contributed by atoms with Crippen LogP contribution in [-0.2, 0) is 18.4 Å². The van der Waals surface area contributed by atoms with E-state index in [1.807, 2.05) is 26.2 Å². The van der Waals surface area contributed by atoms with Crippen LogP contribution in [0, 0.1) is 13.8 Å². The zero-order valence-electron chi connectivity index (χ0n) is 17.2. The number of likely N-dealkylation sites (tertiary alicyclic amines) is 1. The van der Waals surface area contributed by atoms with E-state index < -0.39 is 6.43 Å². The molecule has 30 heavy (non-hydrogen) atoms. The Morgan fingerprint density at radius 1 is 1.27 bits per heavy atom. The molecule has 3 aromatic heterocycles. The number of carbonyl (C=O) groups is 1. The number of hydrogen-bond donors (Lipinski definition) is 0. The van der Waals surface area contributed by atoms with Gasteiger partial charge in [0.2, 0.25) is 5.91 Å². The molecule has 0 saturated carbocycles. The van der Waals surface area contributed by atoms with Gasteiger partial charge in [-0.1, -0.05) is 5.16 Å². The highest BCUT2D eigenvalue weighted by atomic mass is 19.3. The van der Waals surface area contributed by atoms with Crippen molar-refractivity contribution in [3.8, 4) is 11.3 Å². The molecule has 160 valence electrons. The first-order valence-electron chi connectivity index (χ1n) is 9.92. The first kappa shape index (κ1) is 20.2. The minimum atomic E-state index is -2.66. The number of rotatable bonds is 5. The van der Waals surface area contributed by atoms with E-state index in [2.05, 4.69) is 15.4 Å². The fourth-order valence-corrected chi connectivity index (χ4v) is 3.97. The molecule has 0 aromatic carbocycles. The molecule has 0 aliphatic carbocycles. The summed E-state index contributed by atoms with van der Waals surface area (Å²) in [7, 11) is 1.82. The van der Waals surface area contributed by atoms with Gasteiger partial charge in [0.25, 0.3) is 6.43 Å². The summed E-state index contributed by atoms with van der Waals surface area (Å²) in [6.45, 7) is 4.01. The van der Waals surface area contributed by atoms with E-state index in [9.17, 15) is 13.6 Å². The monoisotopic (exact) mass is 418 g/mol. The van der Waals surface area contributed by atoms with Crippen molar-refractivity contribution in [1.29, 1.82) is 0 Å². The third-order valence-corrected chi connectivity index (χ3v) is 5.40. The quantitative estimate of drug-likeness (QED) is 0.633. The van der Waals surface area contributed by atoms with Gasteiger partial charge in [-0.05, 0) is 39.2 Å². The summed E-state index contributed by atoms with van der Waals surface area (Å²) in [5.74, 6) is 0.440. The number of carbonyl (C=O) groups excluding carboxylic acids is 1. The number of aromatic nitrogens is 5. The van der Waals surface area contributed by atoms with Gasteiger partial charge in [-0.3, -0.25) is 14.2 Å². The summed E-state index contributed by atoms with van der Waals surface area (Å²) in [6, 6.07) is 2.93. The van der Waals surface area contributed by atoms with Crippen LogP contribution in [0.3, 0.4) is 0 Å². The zero-order chi connectivity index (χ0) is 21.4. The van der Waals surface area contributed by atoms with Crippen LogP contribution in [0.4, 0.5) is 8.78 Å². The Kier molecular flexibility index (Phi) is 5.40. The molecule has 10 heteroatoms. The molecule has 4 rings (SSSR count). The Labute approximate surface area is 172 Å². The topological polar surface area (TPSA) is 82.0 Å². The second kappa shape index (κ2) is 8.00. The highest BCUT2D eigenvalue weighted by Crippen LogP contribution is 2.36. The summed E-state index contributed by atoms with van der Waals surface area (Å²) in [6.07, 6.45) is 1.81. The van der Waals surface area contributed by atoms with Crippen LogP contribution in [0.1, 0.15) is 54.5 Å². The lowest BCUT2D eigenvalue weighted by atomic mass is 9.96. The lowest BCUT2D eigenvalue weighted by molar-refractivity contribution is -0.136.